The summed E-state index contributed by atoms with van der Waals surface area (Å²) in [4.78, 5) is 0. The van der Waals surface area contributed by atoms with Crippen LogP contribution < -0.4 is 16.4 Å². The maximum absolute atomic E-state index is 2.66. The average Bonchev–Trinajstić information content (AvgIpc) is 4.05. The molecule has 7 aromatic heterocycles. The second-order valence-electron chi connectivity index (χ2n) is 15.2. The lowest BCUT2D eigenvalue weighted by Gasteiger charge is -2.32. The maximum Gasteiger partial charge on any atom is 0.258 e. The summed E-state index contributed by atoms with van der Waals surface area (Å²) in [6.07, 6.45) is 0. The molecule has 6 heteroatoms. The number of hydrogen-bond acceptors (Lipinski definition) is 0. The van der Waals surface area contributed by atoms with Gasteiger partial charge in [0, 0.05) is 32.3 Å². The van der Waals surface area contributed by atoms with Gasteiger partial charge in [-0.25, -0.2) is 0 Å². The van der Waals surface area contributed by atoms with Gasteiger partial charge in [-0.15, -0.1) is 0 Å². The van der Waals surface area contributed by atoms with Crippen molar-refractivity contribution in [2.45, 2.75) is 0 Å². The number of benzene rings is 7. The maximum atomic E-state index is 2.66. The van der Waals surface area contributed by atoms with Gasteiger partial charge in [0.15, 0.2) is 0 Å². The molecule has 0 aliphatic carbocycles. The molecule has 234 valence electrons. The van der Waals surface area contributed by atoms with Crippen molar-refractivity contribution in [1.29, 1.82) is 0 Å². The first-order valence-electron chi connectivity index (χ1n) is 18.3. The van der Waals surface area contributed by atoms with Crippen LogP contribution in [0.3, 0.4) is 0 Å². The molecule has 0 saturated heterocycles. The summed E-state index contributed by atoms with van der Waals surface area (Å²) in [7, 11) is 0. The van der Waals surface area contributed by atoms with Gasteiger partial charge in [-0.2, -0.15) is 0 Å². The molecule has 0 fully saturated rings. The van der Waals surface area contributed by atoms with Crippen LogP contribution in [0.5, 0.6) is 0 Å². The number of imidazole rings is 2. The van der Waals surface area contributed by atoms with Crippen molar-refractivity contribution < 1.29 is 0 Å². The van der Waals surface area contributed by atoms with E-state index in [1.807, 2.05) is 0 Å². The SMILES string of the molecule is c1ccc2c(c1)c1c3n(c4ccccc4n23)-c2c3c(c4c5cccc6c7cccc8c2c4n(c78)c65)-n2c4ccccc4n4c5ccccc5c(c24)B31. The molecule has 52 heavy (non-hydrogen) atoms. The van der Waals surface area contributed by atoms with Crippen LogP contribution in [0.15, 0.2) is 133 Å². The summed E-state index contributed by atoms with van der Waals surface area (Å²) in [5.74, 6) is 0. The molecule has 16 rings (SSSR count). The quantitative estimate of drug-likeness (QED) is 0.146. The van der Waals surface area contributed by atoms with Crippen molar-refractivity contribution >= 4 is 127 Å². The third-order valence-corrected chi connectivity index (χ3v) is 13.3. The van der Waals surface area contributed by atoms with E-state index in [1.165, 1.54) is 132 Å². The van der Waals surface area contributed by atoms with Crippen LogP contribution in [0, 0.1) is 0 Å². The molecule has 0 amide bonds. The zero-order valence-corrected chi connectivity index (χ0v) is 27.5. The molecule has 0 saturated carbocycles. The summed E-state index contributed by atoms with van der Waals surface area (Å²) < 4.78 is 13.1. The standard InChI is InChI=1S/C46H22BN5/c1-3-17-29-25(11-1)37-45-48(29)31-19-5-7-21-33(31)50(45)43-35-27-15-9-13-23-24-14-10-16-28-36(42(35)52(40(23)27)41(24)28)44-39(43)47(37)38-26-12-2-4-18-30(26)49-32-20-6-8-22-34(32)51(44)46(38)49/h1-22H. The lowest BCUT2D eigenvalue weighted by molar-refractivity contribution is 1.14. The van der Waals surface area contributed by atoms with Crippen molar-refractivity contribution in [3.05, 3.63) is 133 Å². The Kier molecular flexibility index (Phi) is 3.46. The van der Waals surface area contributed by atoms with Gasteiger partial charge < -0.3 is 4.40 Å². The first-order valence-corrected chi connectivity index (χ1v) is 18.3. The first kappa shape index (κ1) is 24.3. The predicted octanol–water partition coefficient (Wildman–Crippen LogP) is 8.71. The van der Waals surface area contributed by atoms with Gasteiger partial charge in [0.05, 0.1) is 61.0 Å². The zero-order chi connectivity index (χ0) is 32.9. The Labute approximate surface area is 293 Å². The van der Waals surface area contributed by atoms with E-state index in [-0.39, 0.29) is 6.71 Å². The summed E-state index contributed by atoms with van der Waals surface area (Å²) in [6.45, 7) is 0.0265. The van der Waals surface area contributed by atoms with Crippen molar-refractivity contribution in [3.63, 3.8) is 0 Å². The monoisotopic (exact) mass is 655 g/mol. The highest BCUT2D eigenvalue weighted by Gasteiger charge is 2.47. The molecule has 5 nitrogen and oxygen atoms in total. The topological polar surface area (TPSA) is 23.1 Å². The van der Waals surface area contributed by atoms with Crippen molar-refractivity contribution in [2.24, 2.45) is 0 Å². The molecule has 0 atom stereocenters. The number of para-hydroxylation sites is 8. The second kappa shape index (κ2) is 7.41. The fraction of sp³-hybridized carbons (Fsp3) is 0. The minimum absolute atomic E-state index is 0.0265. The van der Waals surface area contributed by atoms with E-state index in [0.717, 1.165) is 0 Å². The van der Waals surface area contributed by atoms with Crippen LogP contribution >= 0.6 is 0 Å². The van der Waals surface area contributed by atoms with E-state index in [2.05, 4.69) is 156 Å². The Morgan fingerprint density at radius 3 is 1.21 bits per heavy atom. The van der Waals surface area contributed by atoms with Gasteiger partial charge in [-0.1, -0.05) is 97.1 Å². The minimum atomic E-state index is 0.0265. The lowest BCUT2D eigenvalue weighted by Crippen LogP contribution is -2.59. The molecule has 0 radical (unpaired) electrons. The van der Waals surface area contributed by atoms with Crippen LogP contribution in [0.1, 0.15) is 0 Å². The molecule has 0 N–H and O–H groups in total. The van der Waals surface area contributed by atoms with Crippen molar-refractivity contribution in [2.75, 3.05) is 0 Å². The third kappa shape index (κ3) is 2.13. The second-order valence-corrected chi connectivity index (χ2v) is 15.2. The van der Waals surface area contributed by atoms with Crippen LogP contribution in [-0.4, -0.2) is 29.0 Å². The van der Waals surface area contributed by atoms with E-state index < -0.39 is 0 Å². The minimum Gasteiger partial charge on any atom is -0.307 e. The van der Waals surface area contributed by atoms with E-state index >= 15 is 0 Å². The highest BCUT2D eigenvalue weighted by Crippen LogP contribution is 2.52. The highest BCUT2D eigenvalue weighted by molar-refractivity contribution is 7.03. The Bertz CT molecular complexity index is 3740. The molecule has 2 aliphatic rings. The van der Waals surface area contributed by atoms with Crippen molar-refractivity contribution in [3.8, 4) is 11.4 Å². The highest BCUT2D eigenvalue weighted by atomic mass is 15.2. The molecule has 0 unspecified atom stereocenters. The fourth-order valence-corrected chi connectivity index (χ4v) is 11.7. The van der Waals surface area contributed by atoms with E-state index in [4.69, 9.17) is 0 Å². The fourth-order valence-electron chi connectivity index (χ4n) is 11.7. The number of fused-ring (bicyclic) bond motifs is 21. The van der Waals surface area contributed by atoms with Gasteiger partial charge in [0.2, 0.25) is 0 Å². The molecule has 2 aliphatic heterocycles. The number of aromatic nitrogens is 5. The molecular formula is C46H22BN5. The smallest absolute Gasteiger partial charge is 0.258 e. The van der Waals surface area contributed by atoms with Gasteiger partial charge in [0.1, 0.15) is 11.3 Å². The average molecular weight is 656 g/mol. The first-order chi connectivity index (χ1) is 25.9. The van der Waals surface area contributed by atoms with Gasteiger partial charge >= 0.3 is 0 Å². The Morgan fingerprint density at radius 2 is 0.712 bits per heavy atom. The molecular weight excluding hydrogens is 633 g/mol. The van der Waals surface area contributed by atoms with E-state index in [0.29, 0.717) is 0 Å². The van der Waals surface area contributed by atoms with Gasteiger partial charge in [-0.05, 0) is 63.6 Å². The largest absolute Gasteiger partial charge is 0.307 e. The molecule has 7 aromatic carbocycles. The van der Waals surface area contributed by atoms with Crippen LogP contribution in [0.4, 0.5) is 0 Å². The van der Waals surface area contributed by atoms with Gasteiger partial charge in [0.25, 0.3) is 6.71 Å². The number of nitrogens with zero attached hydrogens (tertiary/aromatic N) is 5. The zero-order valence-electron chi connectivity index (χ0n) is 27.5. The predicted molar refractivity (Wildman–Crippen MR) is 216 cm³/mol. The van der Waals surface area contributed by atoms with Crippen LogP contribution in [-0.2, 0) is 0 Å². The number of hydrogen-bond donors (Lipinski definition) is 0. The summed E-state index contributed by atoms with van der Waals surface area (Å²) in [6, 6.07) is 50.4. The van der Waals surface area contributed by atoms with Crippen LogP contribution in [0.2, 0.25) is 0 Å². The van der Waals surface area contributed by atoms with E-state index in [9.17, 15) is 0 Å². The summed E-state index contributed by atoms with van der Waals surface area (Å²) in [5.41, 5.74) is 21.1. The van der Waals surface area contributed by atoms with Gasteiger partial charge in [-0.3, -0.25) is 17.9 Å². The third-order valence-electron chi connectivity index (χ3n) is 13.3. The number of rotatable bonds is 0. The van der Waals surface area contributed by atoms with E-state index in [1.54, 1.807) is 0 Å². The normalized spacial score (nSPS) is 14.1. The molecule has 14 aromatic rings. The summed E-state index contributed by atoms with van der Waals surface area (Å²) >= 11 is 0. The Balaban J connectivity index is 1.33. The lowest BCUT2D eigenvalue weighted by atomic mass is 9.34. The van der Waals surface area contributed by atoms with Crippen molar-refractivity contribution in [1.82, 2.24) is 22.3 Å². The molecule has 9 heterocycles. The summed E-state index contributed by atoms with van der Waals surface area (Å²) in [5, 5.41) is 10.8. The Morgan fingerprint density at radius 1 is 0.308 bits per heavy atom. The van der Waals surface area contributed by atoms with Crippen LogP contribution in [0.25, 0.3) is 115 Å². The Hall–Kier alpha value is -6.92. The molecule has 0 spiro atoms. The molecule has 0 bridgehead atoms.